The van der Waals surface area contributed by atoms with Crippen molar-refractivity contribution in [3.63, 3.8) is 0 Å². The van der Waals surface area contributed by atoms with Crippen molar-refractivity contribution < 1.29 is 13.9 Å². The van der Waals surface area contributed by atoms with Crippen molar-refractivity contribution in [2.24, 2.45) is 11.8 Å². The Morgan fingerprint density at radius 1 is 1.39 bits per heavy atom. The Kier molecular flexibility index (Phi) is 3.50. The molecule has 1 aromatic carbocycles. The maximum Gasteiger partial charge on any atom is 0.303 e. The summed E-state index contributed by atoms with van der Waals surface area (Å²) in [5.74, 6) is 7.29. The first-order valence-electron chi connectivity index (χ1n) is 8.04. The predicted octanol–water partition coefficient (Wildman–Crippen LogP) is 1.85. The third-order valence-electron chi connectivity index (χ3n) is 5.15. The molecular formula is C17H21N3O3. The van der Waals surface area contributed by atoms with Gasteiger partial charge in [0.1, 0.15) is 0 Å². The van der Waals surface area contributed by atoms with Crippen LogP contribution in [0.4, 0.5) is 0 Å². The van der Waals surface area contributed by atoms with Gasteiger partial charge in [0.05, 0.1) is 13.2 Å². The van der Waals surface area contributed by atoms with Gasteiger partial charge in [-0.05, 0) is 44.0 Å². The highest BCUT2D eigenvalue weighted by atomic mass is 16.5. The van der Waals surface area contributed by atoms with Gasteiger partial charge in [-0.15, -0.1) is 0 Å². The molecule has 0 unspecified atom stereocenters. The number of benzene rings is 1. The second-order valence-corrected chi connectivity index (χ2v) is 6.41. The topological polar surface area (TPSA) is 71.9 Å². The van der Waals surface area contributed by atoms with E-state index in [0.29, 0.717) is 17.3 Å². The van der Waals surface area contributed by atoms with Crippen LogP contribution in [0.15, 0.2) is 28.7 Å². The largest absolute Gasteiger partial charge is 0.493 e. The van der Waals surface area contributed by atoms with Crippen LogP contribution in [-0.4, -0.2) is 48.6 Å². The van der Waals surface area contributed by atoms with Crippen LogP contribution >= 0.6 is 0 Å². The molecule has 6 heteroatoms. The number of hydrazine groups is 1. The van der Waals surface area contributed by atoms with E-state index < -0.39 is 0 Å². The highest BCUT2D eigenvalue weighted by molar-refractivity contribution is 5.97. The van der Waals surface area contributed by atoms with E-state index in [0.717, 1.165) is 37.9 Å². The lowest BCUT2D eigenvalue weighted by atomic mass is 9.83. The van der Waals surface area contributed by atoms with E-state index in [1.54, 1.807) is 13.2 Å². The molecule has 0 spiro atoms. The van der Waals surface area contributed by atoms with Gasteiger partial charge in [0.2, 0.25) is 0 Å². The van der Waals surface area contributed by atoms with Gasteiger partial charge in [-0.2, -0.15) is 0 Å². The Balaban J connectivity index is 1.61. The summed E-state index contributed by atoms with van der Waals surface area (Å²) in [5, 5.41) is 2.22. The number of amides is 1. The first-order valence-corrected chi connectivity index (χ1v) is 8.04. The number of ether oxygens (including phenoxy) is 1. The zero-order valence-corrected chi connectivity index (χ0v) is 13.2. The van der Waals surface area contributed by atoms with Gasteiger partial charge in [-0.25, -0.2) is 5.84 Å². The lowest BCUT2D eigenvalue weighted by Crippen LogP contribution is -2.60. The van der Waals surface area contributed by atoms with Gasteiger partial charge < -0.3 is 14.1 Å². The smallest absolute Gasteiger partial charge is 0.303 e. The number of piperidine rings is 3. The Labute approximate surface area is 134 Å². The Morgan fingerprint density at radius 2 is 2.17 bits per heavy atom. The Hall–Kier alpha value is -2.05. The highest BCUT2D eigenvalue weighted by Crippen LogP contribution is 2.32. The molecule has 3 saturated heterocycles. The number of para-hydroxylation sites is 1. The molecule has 23 heavy (non-hydrogen) atoms. The van der Waals surface area contributed by atoms with Crippen molar-refractivity contribution in [2.75, 3.05) is 26.7 Å². The minimum Gasteiger partial charge on any atom is -0.493 e. The van der Waals surface area contributed by atoms with Crippen LogP contribution in [0.5, 0.6) is 5.75 Å². The predicted molar refractivity (Wildman–Crippen MR) is 86.1 cm³/mol. The summed E-state index contributed by atoms with van der Waals surface area (Å²) in [6.45, 7) is 3.09. The van der Waals surface area contributed by atoms with Crippen LogP contribution in [0, 0.1) is 5.92 Å². The van der Waals surface area contributed by atoms with E-state index in [-0.39, 0.29) is 17.7 Å². The maximum absolute atomic E-state index is 12.7. The summed E-state index contributed by atoms with van der Waals surface area (Å²) < 4.78 is 11.0. The molecule has 1 atom stereocenters. The van der Waals surface area contributed by atoms with Crippen molar-refractivity contribution in [3.05, 3.63) is 30.0 Å². The van der Waals surface area contributed by atoms with Crippen LogP contribution in [0.25, 0.3) is 11.0 Å². The van der Waals surface area contributed by atoms with E-state index >= 15 is 0 Å². The van der Waals surface area contributed by atoms with E-state index in [4.69, 9.17) is 15.0 Å². The zero-order valence-electron chi connectivity index (χ0n) is 13.2. The van der Waals surface area contributed by atoms with Gasteiger partial charge in [0.25, 0.3) is 0 Å². The molecule has 6 nitrogen and oxygen atoms in total. The third kappa shape index (κ3) is 2.38. The zero-order chi connectivity index (χ0) is 16.0. The van der Waals surface area contributed by atoms with Gasteiger partial charge in [-0.1, -0.05) is 12.1 Å². The summed E-state index contributed by atoms with van der Waals surface area (Å²) in [7, 11) is 1.58. The number of nitrogens with two attached hydrogens (primary N) is 1. The van der Waals surface area contributed by atoms with Crippen molar-refractivity contribution >= 4 is 16.9 Å². The van der Waals surface area contributed by atoms with Crippen molar-refractivity contribution in [1.82, 2.24) is 9.91 Å². The number of methoxy groups -OCH3 is 1. The fourth-order valence-corrected chi connectivity index (χ4v) is 3.83. The van der Waals surface area contributed by atoms with Gasteiger partial charge in [0, 0.05) is 11.9 Å². The highest BCUT2D eigenvalue weighted by Gasteiger charge is 2.39. The number of carbonyl (C=O) groups excluding carboxylic acids is 1. The number of hydrogen-bond acceptors (Lipinski definition) is 5. The van der Waals surface area contributed by atoms with Crippen LogP contribution in [-0.2, 0) is 0 Å². The summed E-state index contributed by atoms with van der Waals surface area (Å²) >= 11 is 0. The molecule has 3 aliphatic rings. The lowest BCUT2D eigenvalue weighted by Gasteiger charge is -2.47. The average Bonchev–Trinajstić information content (AvgIpc) is 3.05. The minimum atomic E-state index is -0.262. The number of furan rings is 1. The third-order valence-corrected chi connectivity index (χ3v) is 5.15. The molecule has 1 aromatic heterocycles. The molecule has 3 fully saturated rings. The number of nitrogens with zero attached hydrogens (tertiary/aromatic N) is 2. The van der Waals surface area contributed by atoms with E-state index in [2.05, 4.69) is 4.90 Å². The standard InChI is InChI=1S/C17H21N3O3/c1-22-14-4-2-3-12-9-15(23-16(12)14)17(21)20(18)13-10-19-7-5-11(13)6-8-19/h2-4,9,11,13H,5-8,10,18H2,1H3/t13-/m0/s1. The van der Waals surface area contributed by atoms with Crippen LogP contribution in [0.2, 0.25) is 0 Å². The second-order valence-electron chi connectivity index (χ2n) is 6.41. The van der Waals surface area contributed by atoms with Gasteiger partial charge >= 0.3 is 5.91 Å². The summed E-state index contributed by atoms with van der Waals surface area (Å²) in [6.07, 6.45) is 2.22. The molecule has 2 N–H and O–H groups in total. The molecule has 0 radical (unpaired) electrons. The summed E-state index contributed by atoms with van der Waals surface area (Å²) in [6, 6.07) is 7.39. The second kappa shape index (κ2) is 5.54. The molecule has 2 bridgehead atoms. The van der Waals surface area contributed by atoms with E-state index in [1.807, 2.05) is 18.2 Å². The van der Waals surface area contributed by atoms with Gasteiger partial charge in [-0.3, -0.25) is 9.80 Å². The van der Waals surface area contributed by atoms with E-state index in [9.17, 15) is 4.79 Å². The Morgan fingerprint density at radius 3 is 2.83 bits per heavy atom. The molecule has 0 aliphatic carbocycles. The quantitative estimate of drug-likeness (QED) is 0.532. The summed E-state index contributed by atoms with van der Waals surface area (Å²) in [4.78, 5) is 15.1. The molecular weight excluding hydrogens is 294 g/mol. The molecule has 0 saturated carbocycles. The summed E-state index contributed by atoms with van der Waals surface area (Å²) in [5.41, 5.74) is 0.584. The number of carbonyl (C=O) groups is 1. The number of hydrogen-bond donors (Lipinski definition) is 1. The van der Waals surface area contributed by atoms with Crippen LogP contribution in [0.3, 0.4) is 0 Å². The maximum atomic E-state index is 12.7. The van der Waals surface area contributed by atoms with Crippen LogP contribution < -0.4 is 10.6 Å². The minimum absolute atomic E-state index is 0.0695. The lowest BCUT2D eigenvalue weighted by molar-refractivity contribution is 0.00564. The normalized spacial score (nSPS) is 26.4. The Bertz CT molecular complexity index is 734. The molecule has 4 heterocycles. The molecule has 1 amide bonds. The van der Waals surface area contributed by atoms with Crippen molar-refractivity contribution in [2.45, 2.75) is 18.9 Å². The van der Waals surface area contributed by atoms with Crippen molar-refractivity contribution in [1.29, 1.82) is 0 Å². The molecule has 2 aromatic rings. The molecule has 5 rings (SSSR count). The first-order chi connectivity index (χ1) is 11.2. The van der Waals surface area contributed by atoms with Crippen LogP contribution in [0.1, 0.15) is 23.4 Å². The molecule has 3 aliphatic heterocycles. The SMILES string of the molecule is COc1cccc2cc(C(=O)N(N)[C@H]3CN4CCC3CC4)oc12. The number of rotatable bonds is 3. The van der Waals surface area contributed by atoms with E-state index in [1.165, 1.54) is 5.01 Å². The fraction of sp³-hybridized carbons (Fsp3) is 0.471. The van der Waals surface area contributed by atoms with Gasteiger partial charge in [0.15, 0.2) is 17.1 Å². The average molecular weight is 315 g/mol. The first kappa shape index (κ1) is 14.5. The monoisotopic (exact) mass is 315 g/mol. The van der Waals surface area contributed by atoms with Crippen molar-refractivity contribution in [3.8, 4) is 5.75 Å². The molecule has 122 valence electrons. The number of fused-ring (bicyclic) bond motifs is 4. The fourth-order valence-electron chi connectivity index (χ4n) is 3.83.